The molecule has 1 aliphatic heterocycles. The average molecular weight is 440 g/mol. The van der Waals surface area contributed by atoms with Gasteiger partial charge in [0, 0.05) is 34.0 Å². The number of hydrogen-bond acceptors (Lipinski definition) is 6. The zero-order chi connectivity index (χ0) is 21.8. The van der Waals surface area contributed by atoms with E-state index in [1.54, 1.807) is 36.4 Å². The molecule has 0 radical (unpaired) electrons. The summed E-state index contributed by atoms with van der Waals surface area (Å²) in [6.45, 7) is 0.997. The lowest BCUT2D eigenvalue weighted by molar-refractivity contribution is -0.384. The summed E-state index contributed by atoms with van der Waals surface area (Å²) in [5, 5.41) is 14.0. The number of ether oxygens (including phenoxy) is 2. The van der Waals surface area contributed by atoms with Gasteiger partial charge in [-0.25, -0.2) is 4.39 Å². The molecule has 9 heteroatoms. The number of benzene rings is 3. The number of nitro groups is 1. The first-order valence-corrected chi connectivity index (χ1v) is 10.2. The van der Waals surface area contributed by atoms with Crippen LogP contribution in [0.2, 0.25) is 0 Å². The minimum absolute atomic E-state index is 0.0874. The second-order valence-electron chi connectivity index (χ2n) is 6.59. The molecule has 3 aromatic rings. The van der Waals surface area contributed by atoms with Crippen molar-refractivity contribution >= 4 is 23.4 Å². The molecule has 4 rings (SSSR count). The van der Waals surface area contributed by atoms with Crippen molar-refractivity contribution in [1.29, 1.82) is 0 Å². The van der Waals surface area contributed by atoms with Crippen LogP contribution >= 0.6 is 11.8 Å². The minimum Gasteiger partial charge on any atom is -0.486 e. The van der Waals surface area contributed by atoms with Crippen LogP contribution in [0.5, 0.6) is 11.5 Å². The third-order valence-corrected chi connectivity index (χ3v) is 5.69. The Morgan fingerprint density at radius 3 is 2.68 bits per heavy atom. The first kappa shape index (κ1) is 20.7. The fraction of sp³-hybridized carbons (Fsp3) is 0.136. The second kappa shape index (κ2) is 9.05. The molecule has 0 unspecified atom stereocenters. The van der Waals surface area contributed by atoms with Gasteiger partial charge in [0.1, 0.15) is 19.0 Å². The summed E-state index contributed by atoms with van der Waals surface area (Å²) in [7, 11) is 0. The molecule has 1 heterocycles. The van der Waals surface area contributed by atoms with Gasteiger partial charge < -0.3 is 14.8 Å². The Balaban J connectivity index is 1.60. The predicted molar refractivity (Wildman–Crippen MR) is 112 cm³/mol. The Morgan fingerprint density at radius 2 is 1.87 bits per heavy atom. The molecule has 0 aliphatic carbocycles. The topological polar surface area (TPSA) is 90.7 Å². The smallest absolute Gasteiger partial charge is 0.270 e. The number of halogens is 1. The van der Waals surface area contributed by atoms with Crippen molar-refractivity contribution in [3.05, 3.63) is 87.7 Å². The standard InChI is InChI=1S/C22H17FN2O5S/c23-17-5-1-2-7-20(17)31-19-9-8-15(25(27)28)12-16(19)22(26)24-13-14-4-3-6-18-21(14)30-11-10-29-18/h1-9,12H,10-11,13H2,(H,24,26). The van der Waals surface area contributed by atoms with E-state index >= 15 is 0 Å². The number of nitrogens with one attached hydrogen (secondary N) is 1. The van der Waals surface area contributed by atoms with Gasteiger partial charge >= 0.3 is 0 Å². The van der Waals surface area contributed by atoms with Crippen LogP contribution in [-0.2, 0) is 6.54 Å². The van der Waals surface area contributed by atoms with Crippen LogP contribution in [0.25, 0.3) is 0 Å². The molecule has 0 fully saturated rings. The van der Waals surface area contributed by atoms with Gasteiger partial charge in [0.2, 0.25) is 0 Å². The highest BCUT2D eigenvalue weighted by Crippen LogP contribution is 2.35. The van der Waals surface area contributed by atoms with E-state index in [-0.39, 0.29) is 17.8 Å². The highest BCUT2D eigenvalue weighted by Gasteiger charge is 2.20. The third kappa shape index (κ3) is 4.61. The van der Waals surface area contributed by atoms with Gasteiger partial charge in [-0.2, -0.15) is 0 Å². The average Bonchev–Trinajstić information content (AvgIpc) is 2.79. The van der Waals surface area contributed by atoms with Crippen molar-refractivity contribution in [3.63, 3.8) is 0 Å². The van der Waals surface area contributed by atoms with E-state index in [1.165, 1.54) is 24.3 Å². The van der Waals surface area contributed by atoms with Gasteiger partial charge in [-0.3, -0.25) is 14.9 Å². The van der Waals surface area contributed by atoms with Crippen molar-refractivity contribution in [3.8, 4) is 11.5 Å². The molecule has 1 amide bonds. The Kier molecular flexibility index (Phi) is 6.03. The molecule has 0 saturated heterocycles. The highest BCUT2D eigenvalue weighted by atomic mass is 32.2. The maximum absolute atomic E-state index is 14.1. The summed E-state index contributed by atoms with van der Waals surface area (Å²) >= 11 is 1.03. The summed E-state index contributed by atoms with van der Waals surface area (Å²) in [5.74, 6) is 0.209. The number of non-ortho nitro benzene ring substituents is 1. The first-order chi connectivity index (χ1) is 15.0. The third-order valence-electron chi connectivity index (χ3n) is 4.56. The van der Waals surface area contributed by atoms with Crippen LogP contribution in [0, 0.1) is 15.9 Å². The summed E-state index contributed by atoms with van der Waals surface area (Å²) < 4.78 is 25.3. The molecule has 7 nitrogen and oxygen atoms in total. The molecular weight excluding hydrogens is 423 g/mol. The molecule has 1 N–H and O–H groups in total. The van der Waals surface area contributed by atoms with E-state index in [4.69, 9.17) is 9.47 Å². The molecule has 0 spiro atoms. The maximum atomic E-state index is 14.1. The van der Waals surface area contributed by atoms with Crippen LogP contribution in [0.1, 0.15) is 15.9 Å². The number of hydrogen-bond donors (Lipinski definition) is 1. The van der Waals surface area contributed by atoms with E-state index in [0.717, 1.165) is 17.3 Å². The number of nitro benzene ring substituents is 1. The van der Waals surface area contributed by atoms with Crippen LogP contribution < -0.4 is 14.8 Å². The summed E-state index contributed by atoms with van der Waals surface area (Å²) in [4.78, 5) is 24.3. The van der Waals surface area contributed by atoms with Gasteiger partial charge in [-0.15, -0.1) is 0 Å². The van der Waals surface area contributed by atoms with Crippen molar-refractivity contribution in [2.24, 2.45) is 0 Å². The van der Waals surface area contributed by atoms with Crippen LogP contribution in [0.4, 0.5) is 10.1 Å². The molecule has 0 saturated carbocycles. The largest absolute Gasteiger partial charge is 0.486 e. The lowest BCUT2D eigenvalue weighted by Crippen LogP contribution is -2.25. The molecule has 3 aromatic carbocycles. The van der Waals surface area contributed by atoms with Crippen molar-refractivity contribution in [2.75, 3.05) is 13.2 Å². The SMILES string of the molecule is O=C(NCc1cccc2c1OCCO2)c1cc([N+](=O)[O-])ccc1Sc1ccccc1F. The molecule has 0 aromatic heterocycles. The number of amides is 1. The molecule has 31 heavy (non-hydrogen) atoms. The molecule has 158 valence electrons. The monoisotopic (exact) mass is 440 g/mol. The van der Waals surface area contributed by atoms with Crippen LogP contribution in [0.3, 0.4) is 0 Å². The summed E-state index contributed by atoms with van der Waals surface area (Å²) in [5.41, 5.74) is 0.584. The fourth-order valence-electron chi connectivity index (χ4n) is 3.09. The first-order valence-electron chi connectivity index (χ1n) is 9.39. The van der Waals surface area contributed by atoms with Gasteiger partial charge in [-0.05, 0) is 24.3 Å². The number of para-hydroxylation sites is 1. The number of carbonyl (C=O) groups is 1. The fourth-order valence-corrected chi connectivity index (χ4v) is 4.03. The van der Waals surface area contributed by atoms with Crippen LogP contribution in [-0.4, -0.2) is 24.0 Å². The van der Waals surface area contributed by atoms with Crippen LogP contribution in [0.15, 0.2) is 70.5 Å². The quantitative estimate of drug-likeness (QED) is 0.446. The lowest BCUT2D eigenvalue weighted by Gasteiger charge is -2.21. The maximum Gasteiger partial charge on any atom is 0.270 e. The Morgan fingerprint density at radius 1 is 1.06 bits per heavy atom. The van der Waals surface area contributed by atoms with Gasteiger partial charge in [-0.1, -0.05) is 36.0 Å². The molecule has 0 atom stereocenters. The van der Waals surface area contributed by atoms with Gasteiger partial charge in [0.15, 0.2) is 11.5 Å². The Bertz CT molecular complexity index is 1150. The number of carbonyl (C=O) groups excluding carboxylic acids is 1. The van der Waals surface area contributed by atoms with Gasteiger partial charge in [0.25, 0.3) is 11.6 Å². The number of nitrogens with zero attached hydrogens (tertiary/aromatic N) is 1. The highest BCUT2D eigenvalue weighted by molar-refractivity contribution is 7.99. The van der Waals surface area contributed by atoms with E-state index in [0.29, 0.717) is 34.5 Å². The van der Waals surface area contributed by atoms with Crippen molar-refractivity contribution in [1.82, 2.24) is 5.32 Å². The van der Waals surface area contributed by atoms with E-state index in [1.807, 2.05) is 0 Å². The lowest BCUT2D eigenvalue weighted by atomic mass is 10.1. The zero-order valence-corrected chi connectivity index (χ0v) is 17.0. The normalized spacial score (nSPS) is 12.3. The minimum atomic E-state index is -0.576. The Labute approximate surface area is 181 Å². The van der Waals surface area contributed by atoms with Crippen molar-refractivity contribution < 1.29 is 23.6 Å². The van der Waals surface area contributed by atoms with E-state index in [2.05, 4.69) is 5.32 Å². The number of rotatable bonds is 6. The summed E-state index contributed by atoms with van der Waals surface area (Å²) in [6, 6.07) is 15.4. The second-order valence-corrected chi connectivity index (χ2v) is 7.68. The van der Waals surface area contributed by atoms with E-state index in [9.17, 15) is 19.3 Å². The van der Waals surface area contributed by atoms with Gasteiger partial charge in [0.05, 0.1) is 10.5 Å². The molecule has 1 aliphatic rings. The summed E-state index contributed by atoms with van der Waals surface area (Å²) in [6.07, 6.45) is 0. The Hall–Kier alpha value is -3.59. The van der Waals surface area contributed by atoms with Crippen molar-refractivity contribution in [2.45, 2.75) is 16.3 Å². The predicted octanol–water partition coefficient (Wildman–Crippen LogP) is 4.59. The molecule has 0 bridgehead atoms. The van der Waals surface area contributed by atoms with E-state index < -0.39 is 16.6 Å². The molecular formula is C22H17FN2O5S. The zero-order valence-electron chi connectivity index (χ0n) is 16.2. The number of fused-ring (bicyclic) bond motifs is 1.